The number of nitrogens with two attached hydrogens (primary N) is 1. The molecule has 3 heteroatoms. The van der Waals surface area contributed by atoms with Gasteiger partial charge in [-0.2, -0.15) is 0 Å². The van der Waals surface area contributed by atoms with E-state index in [1.807, 2.05) is 6.07 Å². The average molecular weight is 222 g/mol. The second-order valence-corrected chi connectivity index (χ2v) is 4.59. The fraction of sp³-hybridized carbons (Fsp3) is 0.538. The molecule has 1 aliphatic rings. The first-order valence-corrected chi connectivity index (χ1v) is 5.92. The van der Waals surface area contributed by atoms with Crippen LogP contribution in [0.1, 0.15) is 30.9 Å². The first-order chi connectivity index (χ1) is 7.70. The summed E-state index contributed by atoms with van der Waals surface area (Å²) in [6, 6.07) is 5.74. The molecule has 0 radical (unpaired) electrons. The summed E-state index contributed by atoms with van der Waals surface area (Å²) in [6.07, 6.45) is 2.44. The van der Waals surface area contributed by atoms with Gasteiger partial charge in [0, 0.05) is 24.7 Å². The highest BCUT2D eigenvalue weighted by Gasteiger charge is 2.21. The molecule has 88 valence electrons. The summed E-state index contributed by atoms with van der Waals surface area (Å²) in [5, 5.41) is 0. The Bertz CT molecular complexity index is 365. The summed E-state index contributed by atoms with van der Waals surface area (Å²) in [5.41, 5.74) is 7.35. The van der Waals surface area contributed by atoms with Gasteiger partial charge in [-0.05, 0) is 37.9 Å². The van der Waals surface area contributed by atoms with Crippen molar-refractivity contribution in [1.82, 2.24) is 4.90 Å². The fourth-order valence-electron chi connectivity index (χ4n) is 2.32. The van der Waals surface area contributed by atoms with E-state index in [1.165, 1.54) is 18.9 Å². The maximum atomic E-state index is 13.6. The van der Waals surface area contributed by atoms with E-state index in [4.69, 9.17) is 5.73 Å². The number of rotatable bonds is 3. The highest BCUT2D eigenvalue weighted by Crippen LogP contribution is 2.21. The fourth-order valence-corrected chi connectivity index (χ4v) is 2.32. The molecule has 2 nitrogen and oxygen atoms in total. The van der Waals surface area contributed by atoms with Gasteiger partial charge in [-0.25, -0.2) is 4.39 Å². The van der Waals surface area contributed by atoms with E-state index in [1.54, 1.807) is 6.07 Å². The number of likely N-dealkylation sites (tertiary alicyclic amines) is 1. The van der Waals surface area contributed by atoms with Crippen molar-refractivity contribution in [3.8, 4) is 0 Å². The second-order valence-electron chi connectivity index (χ2n) is 4.59. The first-order valence-electron chi connectivity index (χ1n) is 5.92. The summed E-state index contributed by atoms with van der Waals surface area (Å²) >= 11 is 0. The maximum absolute atomic E-state index is 13.6. The van der Waals surface area contributed by atoms with Crippen LogP contribution >= 0.6 is 0 Å². The number of hydrogen-bond donors (Lipinski definition) is 1. The maximum Gasteiger partial charge on any atom is 0.127 e. The van der Waals surface area contributed by atoms with E-state index in [-0.39, 0.29) is 5.82 Å². The molecule has 0 aromatic heterocycles. The third-order valence-corrected chi connectivity index (χ3v) is 3.41. The largest absolute Gasteiger partial charge is 0.326 e. The second kappa shape index (κ2) is 4.93. The minimum Gasteiger partial charge on any atom is -0.326 e. The molecule has 1 aromatic carbocycles. The van der Waals surface area contributed by atoms with Crippen LogP contribution in [-0.4, -0.2) is 17.5 Å². The zero-order valence-electron chi connectivity index (χ0n) is 9.75. The molecule has 2 N–H and O–H groups in total. The standard InChI is InChI=1S/C13H19FN2/c1-10-3-2-6-16(10)9-12-7-11(8-15)4-5-13(12)14/h4-5,7,10H,2-3,6,8-9,15H2,1H3. The van der Waals surface area contributed by atoms with Gasteiger partial charge in [0.05, 0.1) is 0 Å². The minimum absolute atomic E-state index is 0.115. The molecule has 1 heterocycles. The van der Waals surface area contributed by atoms with E-state index in [9.17, 15) is 4.39 Å². The Morgan fingerprint density at radius 1 is 1.50 bits per heavy atom. The molecule has 1 fully saturated rings. The van der Waals surface area contributed by atoms with Gasteiger partial charge in [-0.1, -0.05) is 12.1 Å². The number of nitrogens with zero attached hydrogens (tertiary/aromatic N) is 1. The molecule has 0 bridgehead atoms. The Morgan fingerprint density at radius 2 is 2.31 bits per heavy atom. The Kier molecular flexibility index (Phi) is 3.56. The summed E-state index contributed by atoms with van der Waals surface area (Å²) < 4.78 is 13.6. The van der Waals surface area contributed by atoms with Crippen molar-refractivity contribution in [2.45, 2.75) is 38.9 Å². The van der Waals surface area contributed by atoms with Crippen molar-refractivity contribution in [3.63, 3.8) is 0 Å². The van der Waals surface area contributed by atoms with E-state index in [0.717, 1.165) is 17.7 Å². The van der Waals surface area contributed by atoms with Gasteiger partial charge in [0.1, 0.15) is 5.82 Å². The van der Waals surface area contributed by atoms with Crippen molar-refractivity contribution in [2.24, 2.45) is 5.73 Å². The van der Waals surface area contributed by atoms with E-state index in [0.29, 0.717) is 19.1 Å². The van der Waals surface area contributed by atoms with Crippen molar-refractivity contribution < 1.29 is 4.39 Å². The number of halogens is 1. The molecular weight excluding hydrogens is 203 g/mol. The van der Waals surface area contributed by atoms with Crippen LogP contribution in [0.5, 0.6) is 0 Å². The zero-order valence-corrected chi connectivity index (χ0v) is 9.75. The van der Waals surface area contributed by atoms with Crippen molar-refractivity contribution >= 4 is 0 Å². The molecule has 0 saturated carbocycles. The minimum atomic E-state index is -0.115. The smallest absolute Gasteiger partial charge is 0.127 e. The van der Waals surface area contributed by atoms with Crippen molar-refractivity contribution in [1.29, 1.82) is 0 Å². The highest BCUT2D eigenvalue weighted by atomic mass is 19.1. The lowest BCUT2D eigenvalue weighted by molar-refractivity contribution is 0.256. The number of benzene rings is 1. The van der Waals surface area contributed by atoms with Gasteiger partial charge in [-0.15, -0.1) is 0 Å². The normalized spacial score (nSPS) is 21.6. The van der Waals surface area contributed by atoms with Crippen LogP contribution in [0.2, 0.25) is 0 Å². The van der Waals surface area contributed by atoms with E-state index < -0.39 is 0 Å². The monoisotopic (exact) mass is 222 g/mol. The molecule has 16 heavy (non-hydrogen) atoms. The average Bonchev–Trinajstić information content (AvgIpc) is 2.68. The van der Waals surface area contributed by atoms with Crippen molar-refractivity contribution in [3.05, 3.63) is 35.1 Å². The van der Waals surface area contributed by atoms with Crippen LogP contribution < -0.4 is 5.73 Å². The van der Waals surface area contributed by atoms with Crippen LogP contribution in [0.25, 0.3) is 0 Å². The molecule has 1 saturated heterocycles. The molecule has 0 aliphatic carbocycles. The molecule has 1 aliphatic heterocycles. The van der Waals surface area contributed by atoms with E-state index in [2.05, 4.69) is 11.8 Å². The molecule has 1 atom stereocenters. The predicted octanol–water partition coefficient (Wildman–Crippen LogP) is 2.27. The summed E-state index contributed by atoms with van der Waals surface area (Å²) in [7, 11) is 0. The van der Waals surface area contributed by atoms with Crippen LogP contribution in [0.3, 0.4) is 0 Å². The number of hydrogen-bond acceptors (Lipinski definition) is 2. The Balaban J connectivity index is 2.13. The van der Waals surface area contributed by atoms with Crippen LogP contribution in [0.15, 0.2) is 18.2 Å². The summed E-state index contributed by atoms with van der Waals surface area (Å²) in [4.78, 5) is 2.33. The molecule has 0 spiro atoms. The first kappa shape index (κ1) is 11.6. The predicted molar refractivity (Wildman–Crippen MR) is 63.4 cm³/mol. The van der Waals surface area contributed by atoms with Gasteiger partial charge >= 0.3 is 0 Å². The van der Waals surface area contributed by atoms with Crippen LogP contribution in [0.4, 0.5) is 4.39 Å². The lowest BCUT2D eigenvalue weighted by Gasteiger charge is -2.21. The Morgan fingerprint density at radius 3 is 2.94 bits per heavy atom. The third kappa shape index (κ3) is 2.42. The molecule has 1 unspecified atom stereocenters. The van der Waals surface area contributed by atoms with Gasteiger partial charge in [0.2, 0.25) is 0 Å². The summed E-state index contributed by atoms with van der Waals surface area (Å²) in [6.45, 7) is 4.47. The van der Waals surface area contributed by atoms with Crippen molar-refractivity contribution in [2.75, 3.05) is 6.54 Å². The van der Waals surface area contributed by atoms with Gasteiger partial charge in [0.25, 0.3) is 0 Å². The quantitative estimate of drug-likeness (QED) is 0.850. The van der Waals surface area contributed by atoms with Crippen LogP contribution in [0, 0.1) is 5.82 Å². The van der Waals surface area contributed by atoms with E-state index >= 15 is 0 Å². The van der Waals surface area contributed by atoms with Gasteiger partial charge in [0.15, 0.2) is 0 Å². The third-order valence-electron chi connectivity index (χ3n) is 3.41. The SMILES string of the molecule is CC1CCCN1Cc1cc(CN)ccc1F. The lowest BCUT2D eigenvalue weighted by atomic mass is 10.1. The van der Waals surface area contributed by atoms with Gasteiger partial charge in [-0.3, -0.25) is 4.90 Å². The Labute approximate surface area is 96.2 Å². The Hall–Kier alpha value is -0.930. The van der Waals surface area contributed by atoms with Gasteiger partial charge < -0.3 is 5.73 Å². The molecular formula is C13H19FN2. The lowest BCUT2D eigenvalue weighted by Crippen LogP contribution is -2.26. The highest BCUT2D eigenvalue weighted by molar-refractivity contribution is 5.25. The zero-order chi connectivity index (χ0) is 11.5. The van der Waals surface area contributed by atoms with Crippen LogP contribution in [-0.2, 0) is 13.1 Å². The molecule has 2 rings (SSSR count). The molecule has 1 aromatic rings. The summed E-state index contributed by atoms with van der Waals surface area (Å²) in [5.74, 6) is -0.115. The molecule has 0 amide bonds. The topological polar surface area (TPSA) is 29.3 Å².